The van der Waals surface area contributed by atoms with Gasteiger partial charge in [0.1, 0.15) is 5.82 Å². The lowest BCUT2D eigenvalue weighted by atomic mass is 10.2. The van der Waals surface area contributed by atoms with Crippen molar-refractivity contribution in [1.29, 1.82) is 0 Å². The molecule has 78 valence electrons. The third-order valence-electron chi connectivity index (χ3n) is 2.25. The molecule has 0 amide bonds. The third-order valence-corrected chi connectivity index (χ3v) is 2.83. The van der Waals surface area contributed by atoms with Crippen LogP contribution in [0, 0.1) is 0 Å². The molecule has 1 aromatic rings. The summed E-state index contributed by atoms with van der Waals surface area (Å²) in [6, 6.07) is 0. The van der Waals surface area contributed by atoms with Crippen molar-refractivity contribution in [2.75, 3.05) is 0 Å². The van der Waals surface area contributed by atoms with Crippen LogP contribution in [0.2, 0.25) is 0 Å². The summed E-state index contributed by atoms with van der Waals surface area (Å²) in [5, 5.41) is 8.82. The highest BCUT2D eigenvalue weighted by Gasteiger charge is 2.27. The van der Waals surface area contributed by atoms with E-state index in [1.54, 1.807) is 6.20 Å². The van der Waals surface area contributed by atoms with Gasteiger partial charge >= 0.3 is 5.97 Å². The molecule has 1 fully saturated rings. The van der Waals surface area contributed by atoms with Crippen LogP contribution in [-0.4, -0.2) is 21.0 Å². The van der Waals surface area contributed by atoms with Crippen LogP contribution in [0.3, 0.4) is 0 Å². The van der Waals surface area contributed by atoms with Crippen LogP contribution in [0.25, 0.3) is 5.57 Å². The highest BCUT2D eigenvalue weighted by atomic mass is 79.9. The number of nitrogens with zero attached hydrogens (tertiary/aromatic N) is 2. The van der Waals surface area contributed by atoms with Crippen LogP contribution in [0.15, 0.2) is 17.2 Å². The van der Waals surface area contributed by atoms with Gasteiger partial charge in [0.25, 0.3) is 0 Å². The van der Waals surface area contributed by atoms with Gasteiger partial charge < -0.3 is 5.11 Å². The Labute approximate surface area is 95.2 Å². The first-order valence-electron chi connectivity index (χ1n) is 4.54. The van der Waals surface area contributed by atoms with Gasteiger partial charge in [0.15, 0.2) is 0 Å². The van der Waals surface area contributed by atoms with E-state index in [1.807, 2.05) is 0 Å². The molecule has 0 aromatic carbocycles. The zero-order valence-electron chi connectivity index (χ0n) is 7.90. The normalized spacial score (nSPS) is 15.0. The number of hydrogen-bond donors (Lipinski definition) is 1. The zero-order valence-corrected chi connectivity index (χ0v) is 9.49. The molecule has 4 nitrogen and oxygen atoms in total. The van der Waals surface area contributed by atoms with Crippen molar-refractivity contribution >= 4 is 27.5 Å². The Morgan fingerprint density at radius 2 is 2.27 bits per heavy atom. The maximum atomic E-state index is 10.8. The molecule has 0 spiro atoms. The summed E-state index contributed by atoms with van der Waals surface area (Å²) >= 11 is 3.22. The summed E-state index contributed by atoms with van der Waals surface area (Å²) in [5.41, 5.74) is 0.366. The number of carboxylic acids is 1. The number of halogens is 1. The summed E-state index contributed by atoms with van der Waals surface area (Å²) in [5.74, 6) is 0.0604. The number of carboxylic acid groups (broad SMARTS) is 1. The molecule has 1 N–H and O–H groups in total. The van der Waals surface area contributed by atoms with E-state index < -0.39 is 5.97 Å². The topological polar surface area (TPSA) is 63.1 Å². The van der Waals surface area contributed by atoms with Gasteiger partial charge in [-0.05, 0) is 28.8 Å². The summed E-state index contributed by atoms with van der Waals surface area (Å²) in [7, 11) is 0. The number of rotatable bonds is 3. The Balaban J connectivity index is 2.40. The molecule has 1 aromatic heterocycles. The van der Waals surface area contributed by atoms with Gasteiger partial charge in [-0.25, -0.2) is 14.8 Å². The fourth-order valence-electron chi connectivity index (χ4n) is 1.23. The maximum absolute atomic E-state index is 10.8. The smallest absolute Gasteiger partial charge is 0.337 e. The van der Waals surface area contributed by atoms with E-state index in [-0.39, 0.29) is 5.57 Å². The first-order chi connectivity index (χ1) is 7.09. The summed E-state index contributed by atoms with van der Waals surface area (Å²) in [6.45, 7) is 3.49. The molecule has 0 saturated heterocycles. The Morgan fingerprint density at radius 1 is 1.60 bits per heavy atom. The SMILES string of the molecule is C=C(C(=O)O)c1nc(C2CC2)ncc1Br. The lowest BCUT2D eigenvalue weighted by molar-refractivity contribution is -0.130. The van der Waals surface area contributed by atoms with Crippen molar-refractivity contribution in [2.45, 2.75) is 18.8 Å². The third kappa shape index (κ3) is 2.07. The van der Waals surface area contributed by atoms with E-state index >= 15 is 0 Å². The van der Waals surface area contributed by atoms with E-state index in [9.17, 15) is 4.79 Å². The van der Waals surface area contributed by atoms with Crippen molar-refractivity contribution in [1.82, 2.24) is 9.97 Å². The van der Waals surface area contributed by atoms with Gasteiger partial charge in [-0.15, -0.1) is 0 Å². The van der Waals surface area contributed by atoms with Crippen LogP contribution in [-0.2, 0) is 4.79 Å². The highest BCUT2D eigenvalue weighted by Crippen LogP contribution is 2.38. The molecule has 1 saturated carbocycles. The van der Waals surface area contributed by atoms with Crippen LogP contribution < -0.4 is 0 Å². The van der Waals surface area contributed by atoms with Gasteiger partial charge in [0.05, 0.1) is 15.7 Å². The fraction of sp³-hybridized carbons (Fsp3) is 0.300. The number of aliphatic carboxylic acids is 1. The van der Waals surface area contributed by atoms with E-state index in [0.29, 0.717) is 16.1 Å². The molecular formula is C10H9BrN2O2. The van der Waals surface area contributed by atoms with Gasteiger partial charge in [-0.1, -0.05) is 6.58 Å². The Morgan fingerprint density at radius 3 is 2.80 bits per heavy atom. The van der Waals surface area contributed by atoms with Crippen LogP contribution in [0.5, 0.6) is 0 Å². The largest absolute Gasteiger partial charge is 0.478 e. The first kappa shape index (κ1) is 10.3. The number of hydrogen-bond acceptors (Lipinski definition) is 3. The molecule has 0 aliphatic heterocycles. The highest BCUT2D eigenvalue weighted by molar-refractivity contribution is 9.10. The van der Waals surface area contributed by atoms with Crippen molar-refractivity contribution in [3.63, 3.8) is 0 Å². The Kier molecular flexibility index (Phi) is 2.56. The summed E-state index contributed by atoms with van der Waals surface area (Å²) in [6.07, 6.45) is 3.76. The number of carbonyl (C=O) groups is 1. The molecule has 1 heterocycles. The van der Waals surface area contributed by atoms with Gasteiger partial charge in [-0.2, -0.15) is 0 Å². The van der Waals surface area contributed by atoms with E-state index in [2.05, 4.69) is 32.5 Å². The molecule has 1 aliphatic carbocycles. The molecule has 15 heavy (non-hydrogen) atoms. The minimum atomic E-state index is -1.06. The molecular weight excluding hydrogens is 260 g/mol. The van der Waals surface area contributed by atoms with Gasteiger partial charge in [-0.3, -0.25) is 0 Å². The average molecular weight is 269 g/mol. The van der Waals surface area contributed by atoms with Crippen molar-refractivity contribution in [2.24, 2.45) is 0 Å². The predicted molar refractivity (Wildman–Crippen MR) is 58.4 cm³/mol. The van der Waals surface area contributed by atoms with Gasteiger partial charge in [0, 0.05) is 12.1 Å². The van der Waals surface area contributed by atoms with E-state index in [1.165, 1.54) is 0 Å². The van der Waals surface area contributed by atoms with Crippen LogP contribution in [0.4, 0.5) is 0 Å². The zero-order chi connectivity index (χ0) is 11.0. The Hall–Kier alpha value is -1.23. The van der Waals surface area contributed by atoms with E-state index in [4.69, 9.17) is 5.11 Å². The second kappa shape index (κ2) is 3.73. The molecule has 2 rings (SSSR count). The van der Waals surface area contributed by atoms with Crippen molar-refractivity contribution < 1.29 is 9.90 Å². The lowest BCUT2D eigenvalue weighted by Gasteiger charge is -2.04. The molecule has 1 aliphatic rings. The second-order valence-electron chi connectivity index (χ2n) is 3.48. The monoisotopic (exact) mass is 268 g/mol. The second-order valence-corrected chi connectivity index (χ2v) is 4.34. The minimum absolute atomic E-state index is 0.00817. The molecule has 0 radical (unpaired) electrons. The molecule has 5 heteroatoms. The fourth-order valence-corrected chi connectivity index (χ4v) is 1.66. The standard InChI is InChI=1S/C10H9BrN2O2/c1-5(10(14)15)8-7(11)4-12-9(13-8)6-2-3-6/h4,6H,1-3H2,(H,14,15). The Bertz CT molecular complexity index is 441. The van der Waals surface area contributed by atoms with Crippen LogP contribution in [0.1, 0.15) is 30.3 Å². The van der Waals surface area contributed by atoms with Crippen molar-refractivity contribution in [3.05, 3.63) is 28.8 Å². The van der Waals surface area contributed by atoms with Crippen molar-refractivity contribution in [3.8, 4) is 0 Å². The first-order valence-corrected chi connectivity index (χ1v) is 5.34. The minimum Gasteiger partial charge on any atom is -0.478 e. The predicted octanol–water partition coefficient (Wildman–Crippen LogP) is 2.21. The molecule has 0 bridgehead atoms. The summed E-state index contributed by atoms with van der Waals surface area (Å²) < 4.78 is 0.569. The summed E-state index contributed by atoms with van der Waals surface area (Å²) in [4.78, 5) is 19.1. The van der Waals surface area contributed by atoms with E-state index in [0.717, 1.165) is 18.7 Å². The average Bonchev–Trinajstić information content (AvgIpc) is 3.01. The number of aromatic nitrogens is 2. The lowest BCUT2D eigenvalue weighted by Crippen LogP contribution is -2.04. The van der Waals surface area contributed by atoms with Crippen LogP contribution >= 0.6 is 15.9 Å². The quantitative estimate of drug-likeness (QED) is 0.854. The molecule has 0 atom stereocenters. The van der Waals surface area contributed by atoms with Gasteiger partial charge in [0.2, 0.25) is 0 Å². The molecule has 0 unspecified atom stereocenters. The maximum Gasteiger partial charge on any atom is 0.337 e.